The van der Waals surface area contributed by atoms with Crippen molar-refractivity contribution >= 4 is 15.9 Å². The van der Waals surface area contributed by atoms with Crippen LogP contribution in [-0.4, -0.2) is 22.5 Å². The van der Waals surface area contributed by atoms with Crippen LogP contribution in [0.5, 0.6) is 0 Å². The van der Waals surface area contributed by atoms with Crippen molar-refractivity contribution in [3.8, 4) is 0 Å². The van der Waals surface area contributed by atoms with Gasteiger partial charge in [-0.05, 0) is 25.2 Å². The molecule has 1 atom stereocenters. The van der Waals surface area contributed by atoms with E-state index in [1.54, 1.807) is 0 Å². The van der Waals surface area contributed by atoms with Gasteiger partial charge in [-0.3, -0.25) is 4.57 Å². The van der Waals surface area contributed by atoms with Gasteiger partial charge in [0.2, 0.25) is 0 Å². The number of benzene rings is 1. The average molecular weight is 288 g/mol. The lowest BCUT2D eigenvalue weighted by Gasteiger charge is -2.30. The van der Waals surface area contributed by atoms with E-state index in [0.717, 1.165) is 5.56 Å². The highest BCUT2D eigenvalue weighted by atomic mass is 31.2. The Hall–Kier alpha value is -0.453. The van der Waals surface area contributed by atoms with Crippen LogP contribution in [0, 0.1) is 0 Å². The van der Waals surface area contributed by atoms with Crippen molar-refractivity contribution in [1.82, 2.24) is 0 Å². The van der Waals surface area contributed by atoms with Gasteiger partial charge in [0, 0.05) is 14.2 Å². The molecule has 0 aromatic heterocycles. The topological polar surface area (TPSA) is 44.8 Å². The van der Waals surface area contributed by atoms with Gasteiger partial charge < -0.3 is 13.5 Å². The predicted octanol–water partition coefficient (Wildman–Crippen LogP) is 4.02. The molecule has 0 saturated carbocycles. The summed E-state index contributed by atoms with van der Waals surface area (Å²) in [6.45, 7) is 6.12. The molecule has 4 nitrogen and oxygen atoms in total. The van der Waals surface area contributed by atoms with Crippen LogP contribution in [0.2, 0.25) is 19.6 Å². The summed E-state index contributed by atoms with van der Waals surface area (Å²) in [6.07, 6.45) is 0. The molecule has 0 aliphatic rings. The van der Waals surface area contributed by atoms with Crippen LogP contribution in [0.1, 0.15) is 11.4 Å². The Kier molecular flexibility index (Phi) is 5.31. The number of hydrogen-bond donors (Lipinski definition) is 0. The lowest BCUT2D eigenvalue weighted by atomic mass is 10.2. The highest BCUT2D eigenvalue weighted by Crippen LogP contribution is 2.61. The molecule has 0 aliphatic carbocycles. The molecule has 1 rings (SSSR count). The third-order valence-corrected chi connectivity index (χ3v) is 5.48. The third-order valence-electron chi connectivity index (χ3n) is 2.35. The van der Waals surface area contributed by atoms with Crippen molar-refractivity contribution in [2.24, 2.45) is 0 Å². The minimum absolute atomic E-state index is 0.666. The molecule has 1 unspecified atom stereocenters. The third kappa shape index (κ3) is 4.04. The Balaban J connectivity index is 3.15. The first kappa shape index (κ1) is 15.6. The van der Waals surface area contributed by atoms with Gasteiger partial charge >= 0.3 is 7.60 Å². The first-order valence-corrected chi connectivity index (χ1v) is 10.8. The summed E-state index contributed by atoms with van der Waals surface area (Å²) >= 11 is 0. The summed E-state index contributed by atoms with van der Waals surface area (Å²) in [5, 5.41) is 0. The van der Waals surface area contributed by atoms with E-state index in [-0.39, 0.29) is 0 Å². The fourth-order valence-corrected chi connectivity index (χ4v) is 4.87. The fourth-order valence-electron chi connectivity index (χ4n) is 1.53. The highest BCUT2D eigenvalue weighted by molar-refractivity contribution is 7.54. The Morgan fingerprint density at radius 2 is 1.56 bits per heavy atom. The molecule has 1 aromatic carbocycles. The summed E-state index contributed by atoms with van der Waals surface area (Å²) in [6, 6.07) is 9.40. The van der Waals surface area contributed by atoms with Crippen molar-refractivity contribution in [3.05, 3.63) is 35.9 Å². The van der Waals surface area contributed by atoms with E-state index in [1.807, 2.05) is 50.0 Å². The van der Waals surface area contributed by atoms with Gasteiger partial charge in [0.1, 0.15) is 0 Å². The zero-order valence-electron chi connectivity index (χ0n) is 11.5. The van der Waals surface area contributed by atoms with Gasteiger partial charge in [0.05, 0.1) is 0 Å². The standard InChI is InChI=1S/C12H21O4PSi/c1-14-17(13,15-2)12(16-18(3,4)5)11-9-7-6-8-10-11/h6-10,12H,1-5H3. The van der Waals surface area contributed by atoms with Crippen molar-refractivity contribution in [2.75, 3.05) is 14.2 Å². The van der Waals surface area contributed by atoms with Crippen molar-refractivity contribution in [3.63, 3.8) is 0 Å². The quantitative estimate of drug-likeness (QED) is 0.586. The molecule has 0 saturated heterocycles. The first-order chi connectivity index (χ1) is 8.32. The van der Waals surface area contributed by atoms with E-state index in [0.29, 0.717) is 0 Å². The smallest absolute Gasteiger partial charge is 0.362 e. The van der Waals surface area contributed by atoms with Gasteiger partial charge in [0.15, 0.2) is 14.2 Å². The molecular weight excluding hydrogens is 267 g/mol. The Labute approximate surface area is 110 Å². The van der Waals surface area contributed by atoms with Gasteiger partial charge in [0.25, 0.3) is 0 Å². The van der Waals surface area contributed by atoms with Crippen molar-refractivity contribution < 1.29 is 18.0 Å². The molecule has 18 heavy (non-hydrogen) atoms. The molecule has 0 aliphatic heterocycles. The largest absolute Gasteiger partial charge is 0.400 e. The van der Waals surface area contributed by atoms with Crippen LogP contribution in [0.25, 0.3) is 0 Å². The summed E-state index contributed by atoms with van der Waals surface area (Å²) in [5.41, 5.74) is 0.812. The van der Waals surface area contributed by atoms with Crippen LogP contribution in [-0.2, 0) is 18.0 Å². The van der Waals surface area contributed by atoms with Gasteiger partial charge in [-0.1, -0.05) is 30.3 Å². The normalized spacial score (nSPS) is 14.5. The zero-order chi connectivity index (χ0) is 13.8. The molecule has 0 amide bonds. The minimum atomic E-state index is -3.30. The summed E-state index contributed by atoms with van der Waals surface area (Å²) in [7, 11) is -2.41. The van der Waals surface area contributed by atoms with Crippen molar-refractivity contribution in [2.45, 2.75) is 25.5 Å². The first-order valence-electron chi connectivity index (χ1n) is 5.76. The van der Waals surface area contributed by atoms with Crippen LogP contribution >= 0.6 is 7.60 Å². The fraction of sp³-hybridized carbons (Fsp3) is 0.500. The molecule has 0 spiro atoms. The Morgan fingerprint density at radius 1 is 1.06 bits per heavy atom. The van der Waals surface area contributed by atoms with E-state index < -0.39 is 21.8 Å². The van der Waals surface area contributed by atoms with Gasteiger partial charge in [-0.15, -0.1) is 0 Å². The minimum Gasteiger partial charge on any atom is -0.400 e. The van der Waals surface area contributed by atoms with Crippen LogP contribution in [0.3, 0.4) is 0 Å². The second kappa shape index (κ2) is 6.13. The maximum Gasteiger partial charge on any atom is 0.362 e. The van der Waals surface area contributed by atoms with E-state index >= 15 is 0 Å². The summed E-state index contributed by atoms with van der Waals surface area (Å²) in [4.78, 5) is 0. The monoisotopic (exact) mass is 288 g/mol. The van der Waals surface area contributed by atoms with E-state index in [1.165, 1.54) is 14.2 Å². The van der Waals surface area contributed by atoms with E-state index in [2.05, 4.69) is 0 Å². The van der Waals surface area contributed by atoms with Crippen molar-refractivity contribution in [1.29, 1.82) is 0 Å². The second-order valence-corrected chi connectivity index (χ2v) is 11.6. The molecule has 0 fully saturated rings. The molecule has 0 bridgehead atoms. The number of hydrogen-bond acceptors (Lipinski definition) is 4. The highest BCUT2D eigenvalue weighted by Gasteiger charge is 2.39. The average Bonchev–Trinajstić information content (AvgIpc) is 2.35. The Bertz CT molecular complexity index is 408. The molecule has 0 heterocycles. The maximum absolute atomic E-state index is 12.6. The molecule has 0 N–H and O–H groups in total. The summed E-state index contributed by atoms with van der Waals surface area (Å²) in [5.74, 6) is -0.666. The van der Waals surface area contributed by atoms with E-state index in [4.69, 9.17) is 13.5 Å². The SMILES string of the molecule is COP(=O)(OC)C(O[Si](C)(C)C)c1ccccc1. The molecule has 102 valence electrons. The predicted molar refractivity (Wildman–Crippen MR) is 75.2 cm³/mol. The number of rotatable bonds is 6. The maximum atomic E-state index is 12.6. The Morgan fingerprint density at radius 3 is 1.94 bits per heavy atom. The van der Waals surface area contributed by atoms with Crippen LogP contribution in [0.15, 0.2) is 30.3 Å². The van der Waals surface area contributed by atoms with Gasteiger partial charge in [-0.25, -0.2) is 0 Å². The molecule has 0 radical (unpaired) electrons. The zero-order valence-corrected chi connectivity index (χ0v) is 13.4. The molecule has 6 heteroatoms. The lowest BCUT2D eigenvalue weighted by Crippen LogP contribution is -2.28. The molecular formula is C12H21O4PSi. The molecule has 1 aromatic rings. The van der Waals surface area contributed by atoms with Gasteiger partial charge in [-0.2, -0.15) is 0 Å². The lowest BCUT2D eigenvalue weighted by molar-refractivity contribution is 0.187. The second-order valence-electron chi connectivity index (χ2n) is 4.90. The summed E-state index contributed by atoms with van der Waals surface area (Å²) < 4.78 is 28.7. The van der Waals surface area contributed by atoms with Crippen LogP contribution < -0.4 is 0 Å². The van der Waals surface area contributed by atoms with E-state index in [9.17, 15) is 4.57 Å². The van der Waals surface area contributed by atoms with Crippen LogP contribution in [0.4, 0.5) is 0 Å².